The summed E-state index contributed by atoms with van der Waals surface area (Å²) < 4.78 is 0.136. The van der Waals surface area contributed by atoms with Crippen LogP contribution in [-0.4, -0.2) is 34.0 Å². The van der Waals surface area contributed by atoms with E-state index in [1.54, 1.807) is 0 Å². The summed E-state index contributed by atoms with van der Waals surface area (Å²) in [5.74, 6) is -0.171. The zero-order valence-corrected chi connectivity index (χ0v) is 13.2. The molecule has 1 amide bonds. The summed E-state index contributed by atoms with van der Waals surface area (Å²) in [5, 5.41) is 12.3. The van der Waals surface area contributed by atoms with Crippen LogP contribution in [0.25, 0.3) is 0 Å². The molecule has 4 atom stereocenters. The van der Waals surface area contributed by atoms with Gasteiger partial charge in [-0.2, -0.15) is 11.8 Å². The predicted octanol–water partition coefficient (Wildman–Crippen LogP) is 2.53. The number of thioether (sulfide) groups is 1. The number of carbonyl (C=O) groups is 2. The maximum Gasteiger partial charge on any atom is 0.307 e. The van der Waals surface area contributed by atoms with Crippen molar-refractivity contribution in [2.75, 3.05) is 12.3 Å². The number of amides is 1. The molecule has 0 bridgehead atoms. The van der Waals surface area contributed by atoms with Crippen LogP contribution in [0.2, 0.25) is 0 Å². The van der Waals surface area contributed by atoms with Crippen molar-refractivity contribution in [2.24, 2.45) is 17.8 Å². The summed E-state index contributed by atoms with van der Waals surface area (Å²) in [6.45, 7) is 4.92. The fourth-order valence-corrected chi connectivity index (χ4v) is 4.66. The van der Waals surface area contributed by atoms with E-state index in [-0.39, 0.29) is 16.6 Å². The maximum absolute atomic E-state index is 12.3. The molecular weight excluding hydrogens is 274 g/mol. The van der Waals surface area contributed by atoms with Crippen LogP contribution in [0, 0.1) is 17.8 Å². The minimum absolute atomic E-state index is 0.0536. The van der Waals surface area contributed by atoms with Crippen molar-refractivity contribution < 1.29 is 14.7 Å². The van der Waals surface area contributed by atoms with E-state index in [1.165, 1.54) is 6.42 Å². The van der Waals surface area contributed by atoms with Crippen molar-refractivity contribution in [3.05, 3.63) is 0 Å². The molecule has 2 unspecified atom stereocenters. The van der Waals surface area contributed by atoms with Crippen LogP contribution >= 0.6 is 11.8 Å². The monoisotopic (exact) mass is 299 g/mol. The summed E-state index contributed by atoms with van der Waals surface area (Å²) in [6, 6.07) is 0. The van der Waals surface area contributed by atoms with Gasteiger partial charge in [-0.1, -0.05) is 13.3 Å². The number of carboxylic acid groups (broad SMARTS) is 1. The number of carboxylic acids is 1. The maximum atomic E-state index is 12.3. The molecule has 20 heavy (non-hydrogen) atoms. The number of hydrogen-bond donors (Lipinski definition) is 2. The molecule has 2 rings (SSSR count). The van der Waals surface area contributed by atoms with Gasteiger partial charge in [0.15, 0.2) is 0 Å². The van der Waals surface area contributed by atoms with Crippen molar-refractivity contribution in [1.82, 2.24) is 5.32 Å². The van der Waals surface area contributed by atoms with E-state index < -0.39 is 11.9 Å². The van der Waals surface area contributed by atoms with E-state index in [1.807, 2.05) is 11.8 Å². The second kappa shape index (κ2) is 6.37. The van der Waals surface area contributed by atoms with Gasteiger partial charge in [0, 0.05) is 11.3 Å². The van der Waals surface area contributed by atoms with Crippen molar-refractivity contribution in [3.8, 4) is 0 Å². The largest absolute Gasteiger partial charge is 0.481 e. The third-order valence-electron chi connectivity index (χ3n) is 4.83. The molecule has 0 aromatic rings. The van der Waals surface area contributed by atoms with Crippen LogP contribution in [0.5, 0.6) is 0 Å². The molecule has 114 valence electrons. The normalized spacial score (nSPS) is 37.0. The smallest absolute Gasteiger partial charge is 0.307 e. The Kier molecular flexibility index (Phi) is 4.99. The standard InChI is InChI=1S/C15H25NO3S/c1-3-10-7-11(12(8-10)14(18)19)13(17)16-9-15(2)5-4-6-20-15/h10-12H,3-9H2,1-2H3,(H,16,17)(H,18,19)/t10?,11-,12+,15?/m0/s1. The molecule has 0 spiro atoms. The van der Waals surface area contributed by atoms with Crippen LogP contribution in [0.3, 0.4) is 0 Å². The second-order valence-electron chi connectivity index (χ2n) is 6.42. The molecule has 0 radical (unpaired) electrons. The Hall–Kier alpha value is -0.710. The molecule has 1 aliphatic carbocycles. The topological polar surface area (TPSA) is 66.4 Å². The Morgan fingerprint density at radius 2 is 2.05 bits per heavy atom. The Morgan fingerprint density at radius 3 is 2.60 bits per heavy atom. The number of aliphatic carboxylic acids is 1. The number of rotatable bonds is 5. The zero-order chi connectivity index (χ0) is 14.8. The average molecular weight is 299 g/mol. The first kappa shape index (κ1) is 15.7. The van der Waals surface area contributed by atoms with Crippen molar-refractivity contribution >= 4 is 23.6 Å². The number of carbonyl (C=O) groups excluding carboxylic acids is 1. The Balaban J connectivity index is 1.91. The van der Waals surface area contributed by atoms with Crippen LogP contribution in [-0.2, 0) is 9.59 Å². The minimum Gasteiger partial charge on any atom is -0.481 e. The lowest BCUT2D eigenvalue weighted by atomic mass is 9.95. The molecule has 4 nitrogen and oxygen atoms in total. The van der Waals surface area contributed by atoms with Crippen LogP contribution in [0.15, 0.2) is 0 Å². The first-order valence-electron chi connectivity index (χ1n) is 7.59. The lowest BCUT2D eigenvalue weighted by molar-refractivity contribution is -0.146. The first-order chi connectivity index (χ1) is 9.45. The third kappa shape index (κ3) is 3.48. The highest BCUT2D eigenvalue weighted by Crippen LogP contribution is 2.39. The fourth-order valence-electron chi connectivity index (χ4n) is 3.42. The molecular formula is C15H25NO3S. The van der Waals surface area contributed by atoms with E-state index in [2.05, 4.69) is 19.2 Å². The van der Waals surface area contributed by atoms with Gasteiger partial charge < -0.3 is 10.4 Å². The van der Waals surface area contributed by atoms with E-state index in [4.69, 9.17) is 0 Å². The predicted molar refractivity (Wildman–Crippen MR) is 80.7 cm³/mol. The van der Waals surface area contributed by atoms with E-state index in [9.17, 15) is 14.7 Å². The summed E-state index contributed by atoms with van der Waals surface area (Å²) in [4.78, 5) is 23.7. The second-order valence-corrected chi connectivity index (χ2v) is 8.10. The van der Waals surface area contributed by atoms with Crippen molar-refractivity contribution in [2.45, 2.75) is 50.7 Å². The lowest BCUT2D eigenvalue weighted by Crippen LogP contribution is -2.41. The quantitative estimate of drug-likeness (QED) is 0.818. The Bertz CT molecular complexity index is 379. The third-order valence-corrected chi connectivity index (χ3v) is 6.37. The van der Waals surface area contributed by atoms with Gasteiger partial charge in [0.2, 0.25) is 5.91 Å². The summed E-state index contributed by atoms with van der Waals surface area (Å²) in [7, 11) is 0. The zero-order valence-electron chi connectivity index (χ0n) is 12.4. The van der Waals surface area contributed by atoms with E-state index in [0.717, 1.165) is 25.0 Å². The van der Waals surface area contributed by atoms with Gasteiger partial charge in [-0.25, -0.2) is 0 Å². The minimum atomic E-state index is -0.817. The number of nitrogens with one attached hydrogen (secondary N) is 1. The molecule has 2 fully saturated rings. The molecule has 1 heterocycles. The van der Waals surface area contributed by atoms with Crippen molar-refractivity contribution in [3.63, 3.8) is 0 Å². The summed E-state index contributed by atoms with van der Waals surface area (Å²) >= 11 is 1.91. The van der Waals surface area contributed by atoms with Crippen molar-refractivity contribution in [1.29, 1.82) is 0 Å². The molecule has 1 saturated heterocycles. The Labute approximate surface area is 125 Å². The molecule has 0 aromatic heterocycles. The van der Waals surface area contributed by atoms with Gasteiger partial charge in [0.05, 0.1) is 11.8 Å². The first-order valence-corrected chi connectivity index (χ1v) is 8.58. The van der Waals surface area contributed by atoms with Gasteiger partial charge in [-0.15, -0.1) is 0 Å². The molecule has 1 saturated carbocycles. The highest BCUT2D eigenvalue weighted by molar-refractivity contribution is 8.00. The Morgan fingerprint density at radius 1 is 1.35 bits per heavy atom. The number of hydrogen-bond acceptors (Lipinski definition) is 3. The van der Waals surface area contributed by atoms with E-state index >= 15 is 0 Å². The average Bonchev–Trinajstić information content (AvgIpc) is 3.02. The molecule has 2 N–H and O–H groups in total. The SMILES string of the molecule is CCC1C[C@H](C(=O)NCC2(C)CCCS2)[C@H](C(=O)O)C1. The molecule has 0 aromatic carbocycles. The molecule has 1 aliphatic heterocycles. The van der Waals surface area contributed by atoms with Crippen LogP contribution in [0.1, 0.15) is 46.0 Å². The van der Waals surface area contributed by atoms with Crippen LogP contribution < -0.4 is 5.32 Å². The van der Waals surface area contributed by atoms with Gasteiger partial charge in [0.25, 0.3) is 0 Å². The molecule has 2 aliphatic rings. The van der Waals surface area contributed by atoms with Crippen LogP contribution in [0.4, 0.5) is 0 Å². The van der Waals surface area contributed by atoms with Gasteiger partial charge in [0.1, 0.15) is 0 Å². The highest BCUT2D eigenvalue weighted by atomic mass is 32.2. The highest BCUT2D eigenvalue weighted by Gasteiger charge is 2.42. The van der Waals surface area contributed by atoms with E-state index in [0.29, 0.717) is 18.9 Å². The summed E-state index contributed by atoms with van der Waals surface area (Å²) in [5.41, 5.74) is 0. The van der Waals surface area contributed by atoms with Gasteiger partial charge >= 0.3 is 5.97 Å². The molecule has 5 heteroatoms. The lowest BCUT2D eigenvalue weighted by Gasteiger charge is -2.24. The fraction of sp³-hybridized carbons (Fsp3) is 0.867. The van der Waals surface area contributed by atoms with Gasteiger partial charge in [-0.05, 0) is 44.3 Å². The van der Waals surface area contributed by atoms with Gasteiger partial charge in [-0.3, -0.25) is 9.59 Å². The summed E-state index contributed by atoms with van der Waals surface area (Å²) in [6.07, 6.45) is 4.67.